The SMILES string of the molecule is Cc1csc(NC(=O)c2cc(OCC3CCN(C)C3=O)cc(Oc3ccc(-c4nnc(C)o4)cc3)c2)n1. The number of thiazole rings is 1. The first-order valence-corrected chi connectivity index (χ1v) is 12.6. The predicted octanol–water partition coefficient (Wildman–Crippen LogP) is 4.71. The maximum atomic E-state index is 13.0. The molecule has 1 N–H and O–H groups in total. The predicted molar refractivity (Wildman–Crippen MR) is 137 cm³/mol. The number of rotatable bonds is 8. The zero-order chi connectivity index (χ0) is 25.9. The van der Waals surface area contributed by atoms with Crippen LogP contribution in [0.25, 0.3) is 11.5 Å². The second-order valence-corrected chi connectivity index (χ2v) is 9.61. The molecule has 0 spiro atoms. The fourth-order valence-electron chi connectivity index (χ4n) is 3.89. The monoisotopic (exact) mass is 519 g/mol. The number of benzene rings is 2. The molecule has 2 aromatic heterocycles. The van der Waals surface area contributed by atoms with Crippen LogP contribution in [-0.4, -0.2) is 52.1 Å². The maximum Gasteiger partial charge on any atom is 0.257 e. The summed E-state index contributed by atoms with van der Waals surface area (Å²) in [4.78, 5) is 31.3. The van der Waals surface area contributed by atoms with Gasteiger partial charge in [-0.25, -0.2) is 4.98 Å². The molecule has 2 amide bonds. The second kappa shape index (κ2) is 10.4. The summed E-state index contributed by atoms with van der Waals surface area (Å²) in [5, 5.41) is 13.0. The number of carbonyl (C=O) groups excluding carboxylic acids is 2. The molecular formula is C26H25N5O5S. The summed E-state index contributed by atoms with van der Waals surface area (Å²) in [7, 11) is 1.78. The number of carbonyl (C=O) groups is 2. The third-order valence-electron chi connectivity index (χ3n) is 5.83. The van der Waals surface area contributed by atoms with Crippen LogP contribution in [0.15, 0.2) is 52.3 Å². The Hall–Kier alpha value is -4.25. The zero-order valence-electron chi connectivity index (χ0n) is 20.6. The molecule has 2 aromatic carbocycles. The van der Waals surface area contributed by atoms with Gasteiger partial charge in [0.15, 0.2) is 5.13 Å². The molecule has 0 bridgehead atoms. The van der Waals surface area contributed by atoms with Gasteiger partial charge >= 0.3 is 0 Å². The first-order chi connectivity index (χ1) is 17.8. The van der Waals surface area contributed by atoms with Gasteiger partial charge in [-0.05, 0) is 49.7 Å². The van der Waals surface area contributed by atoms with Crippen LogP contribution in [0.2, 0.25) is 0 Å². The van der Waals surface area contributed by atoms with E-state index in [0.29, 0.717) is 46.3 Å². The number of hydrogen-bond donors (Lipinski definition) is 1. The van der Waals surface area contributed by atoms with Crippen LogP contribution < -0.4 is 14.8 Å². The summed E-state index contributed by atoms with van der Waals surface area (Å²) in [5.41, 5.74) is 1.93. The van der Waals surface area contributed by atoms with Gasteiger partial charge in [-0.15, -0.1) is 21.5 Å². The highest BCUT2D eigenvalue weighted by Crippen LogP contribution is 2.30. The fraction of sp³-hybridized carbons (Fsp3) is 0.269. The Balaban J connectivity index is 1.36. The molecule has 5 rings (SSSR count). The van der Waals surface area contributed by atoms with E-state index in [-0.39, 0.29) is 24.3 Å². The number of aryl methyl sites for hydroxylation is 2. The summed E-state index contributed by atoms with van der Waals surface area (Å²) >= 11 is 1.35. The number of likely N-dealkylation sites (tertiary alicyclic amines) is 1. The smallest absolute Gasteiger partial charge is 0.257 e. The van der Waals surface area contributed by atoms with Crippen molar-refractivity contribution in [3.8, 4) is 28.7 Å². The van der Waals surface area contributed by atoms with Crippen LogP contribution in [-0.2, 0) is 4.79 Å². The molecule has 11 heteroatoms. The molecule has 0 aliphatic carbocycles. The molecule has 1 aliphatic rings. The maximum absolute atomic E-state index is 13.0. The normalized spacial score (nSPS) is 15.2. The molecule has 190 valence electrons. The lowest BCUT2D eigenvalue weighted by Crippen LogP contribution is -2.25. The van der Waals surface area contributed by atoms with Crippen molar-refractivity contribution in [3.63, 3.8) is 0 Å². The molecule has 1 unspecified atom stereocenters. The van der Waals surface area contributed by atoms with Crippen LogP contribution in [0.3, 0.4) is 0 Å². The number of nitrogens with one attached hydrogen (secondary N) is 1. The van der Waals surface area contributed by atoms with Crippen molar-refractivity contribution in [2.24, 2.45) is 5.92 Å². The van der Waals surface area contributed by atoms with Gasteiger partial charge in [-0.2, -0.15) is 0 Å². The minimum Gasteiger partial charge on any atom is -0.493 e. The molecule has 0 radical (unpaired) electrons. The summed E-state index contributed by atoms with van der Waals surface area (Å²) in [5.74, 6) is 1.79. The van der Waals surface area contributed by atoms with E-state index in [1.807, 2.05) is 24.4 Å². The Morgan fingerprint density at radius 3 is 2.57 bits per heavy atom. The van der Waals surface area contributed by atoms with E-state index in [9.17, 15) is 9.59 Å². The zero-order valence-corrected chi connectivity index (χ0v) is 21.4. The lowest BCUT2D eigenvalue weighted by Gasteiger charge is -2.14. The van der Waals surface area contributed by atoms with Crippen LogP contribution in [0.5, 0.6) is 17.2 Å². The topological polar surface area (TPSA) is 120 Å². The van der Waals surface area contributed by atoms with E-state index in [4.69, 9.17) is 13.9 Å². The van der Waals surface area contributed by atoms with E-state index in [1.54, 1.807) is 49.2 Å². The quantitative estimate of drug-likeness (QED) is 0.355. The van der Waals surface area contributed by atoms with Crippen LogP contribution in [0.4, 0.5) is 5.13 Å². The van der Waals surface area contributed by atoms with Gasteiger partial charge in [0.25, 0.3) is 5.91 Å². The number of ether oxygens (including phenoxy) is 2. The van der Waals surface area contributed by atoms with Gasteiger partial charge in [-0.1, -0.05) is 0 Å². The number of nitrogens with zero attached hydrogens (tertiary/aromatic N) is 4. The number of aromatic nitrogens is 3. The number of anilines is 1. The molecule has 1 aliphatic heterocycles. The van der Waals surface area contributed by atoms with Crippen LogP contribution in [0.1, 0.15) is 28.4 Å². The summed E-state index contributed by atoms with van der Waals surface area (Å²) in [6, 6.07) is 12.1. The third-order valence-corrected chi connectivity index (χ3v) is 6.71. The lowest BCUT2D eigenvalue weighted by atomic mass is 10.1. The van der Waals surface area contributed by atoms with Crippen molar-refractivity contribution in [3.05, 3.63) is 65.0 Å². The number of hydrogen-bond acceptors (Lipinski definition) is 9. The molecule has 3 heterocycles. The van der Waals surface area contributed by atoms with Crippen molar-refractivity contribution < 1.29 is 23.5 Å². The highest BCUT2D eigenvalue weighted by atomic mass is 32.1. The highest BCUT2D eigenvalue weighted by Gasteiger charge is 2.29. The first kappa shape index (κ1) is 24.4. The average molecular weight is 520 g/mol. The Labute approximate surface area is 217 Å². The van der Waals surface area contributed by atoms with Gasteiger partial charge in [0.05, 0.1) is 18.2 Å². The Bertz CT molecular complexity index is 1430. The Morgan fingerprint density at radius 2 is 1.92 bits per heavy atom. The van der Waals surface area contributed by atoms with Gasteiger partial charge in [0, 0.05) is 43.1 Å². The summed E-state index contributed by atoms with van der Waals surface area (Å²) in [6.45, 7) is 4.51. The minimum atomic E-state index is -0.344. The standard InChI is InChI=1S/C26H25N5O5S/c1-15-14-37-26(27-15)28-23(32)19-10-21(34-13-18-8-9-31(3)25(18)33)12-22(11-19)36-20-6-4-17(5-7-20)24-30-29-16(2)35-24/h4-7,10-12,14,18H,8-9,13H2,1-3H3,(H,27,28,32). The van der Waals surface area contributed by atoms with Crippen molar-refractivity contribution in [1.29, 1.82) is 0 Å². The largest absolute Gasteiger partial charge is 0.493 e. The fourth-order valence-corrected chi connectivity index (χ4v) is 4.57. The van der Waals surface area contributed by atoms with Gasteiger partial charge in [-0.3, -0.25) is 14.9 Å². The molecule has 1 atom stereocenters. The van der Waals surface area contributed by atoms with Crippen LogP contribution >= 0.6 is 11.3 Å². The molecule has 0 saturated carbocycles. The minimum absolute atomic E-state index is 0.0565. The van der Waals surface area contributed by atoms with Crippen molar-refractivity contribution >= 4 is 28.3 Å². The number of amides is 2. The van der Waals surface area contributed by atoms with Crippen LogP contribution in [0, 0.1) is 19.8 Å². The first-order valence-electron chi connectivity index (χ1n) is 11.7. The van der Waals surface area contributed by atoms with E-state index < -0.39 is 0 Å². The Morgan fingerprint density at radius 1 is 1.14 bits per heavy atom. The molecular weight excluding hydrogens is 494 g/mol. The van der Waals surface area contributed by atoms with Gasteiger partial charge in [0.2, 0.25) is 17.7 Å². The second-order valence-electron chi connectivity index (χ2n) is 8.75. The van der Waals surface area contributed by atoms with E-state index in [0.717, 1.165) is 17.7 Å². The summed E-state index contributed by atoms with van der Waals surface area (Å²) < 4.78 is 17.5. The van der Waals surface area contributed by atoms with E-state index in [2.05, 4.69) is 20.5 Å². The lowest BCUT2D eigenvalue weighted by molar-refractivity contribution is -0.130. The summed E-state index contributed by atoms with van der Waals surface area (Å²) in [6.07, 6.45) is 0.730. The van der Waals surface area contributed by atoms with Crippen molar-refractivity contribution in [2.75, 3.05) is 25.5 Å². The molecule has 4 aromatic rings. The average Bonchev–Trinajstić information content (AvgIpc) is 3.59. The molecule has 37 heavy (non-hydrogen) atoms. The van der Waals surface area contributed by atoms with Gasteiger partial charge in [0.1, 0.15) is 17.2 Å². The van der Waals surface area contributed by atoms with E-state index in [1.165, 1.54) is 11.3 Å². The molecule has 10 nitrogen and oxygen atoms in total. The van der Waals surface area contributed by atoms with Gasteiger partial charge < -0.3 is 18.8 Å². The Kier molecular flexibility index (Phi) is 6.87. The van der Waals surface area contributed by atoms with E-state index >= 15 is 0 Å². The molecule has 1 saturated heterocycles. The van der Waals surface area contributed by atoms with Crippen molar-refractivity contribution in [1.82, 2.24) is 20.1 Å². The molecule has 1 fully saturated rings. The highest BCUT2D eigenvalue weighted by molar-refractivity contribution is 7.13. The third kappa shape index (κ3) is 5.78. The van der Waals surface area contributed by atoms with Crippen molar-refractivity contribution in [2.45, 2.75) is 20.3 Å².